The second-order valence-electron chi connectivity index (χ2n) is 4.55. The van der Waals surface area contributed by atoms with Crippen LogP contribution in [0.25, 0.3) is 17.1 Å². The molecule has 0 aliphatic heterocycles. The number of hydrogen-bond donors (Lipinski definition) is 1. The summed E-state index contributed by atoms with van der Waals surface area (Å²) < 4.78 is 7.40. The van der Waals surface area contributed by atoms with E-state index in [1.54, 1.807) is 13.4 Å². The van der Waals surface area contributed by atoms with E-state index in [9.17, 15) is 0 Å². The normalized spacial score (nSPS) is 10.8. The lowest BCUT2D eigenvalue weighted by Crippen LogP contribution is -1.96. The standard InChI is InChI=1S/C14H15N5O/c1-9-7-19(8-15-9)12-5-4-11(6-13(12)20-3)14-16-10(2)17-18-14/h4-8H,1-3H3,(H,16,17,18). The quantitative estimate of drug-likeness (QED) is 0.792. The first-order valence-corrected chi connectivity index (χ1v) is 6.26. The predicted octanol–water partition coefficient (Wildman–Crippen LogP) is 2.28. The van der Waals surface area contributed by atoms with Crippen LogP contribution in [0.5, 0.6) is 5.75 Å². The van der Waals surface area contributed by atoms with Crippen molar-refractivity contribution in [3.8, 4) is 22.8 Å². The van der Waals surface area contributed by atoms with Crippen LogP contribution < -0.4 is 4.74 Å². The van der Waals surface area contributed by atoms with E-state index in [-0.39, 0.29) is 0 Å². The Balaban J connectivity index is 2.06. The van der Waals surface area contributed by atoms with Gasteiger partial charge in [-0.1, -0.05) is 0 Å². The Hall–Kier alpha value is -2.63. The maximum atomic E-state index is 5.46. The minimum Gasteiger partial charge on any atom is -0.495 e. The maximum absolute atomic E-state index is 5.46. The van der Waals surface area contributed by atoms with Crippen LogP contribution >= 0.6 is 0 Å². The van der Waals surface area contributed by atoms with Crippen LogP contribution in [0.4, 0.5) is 0 Å². The molecule has 6 heteroatoms. The molecule has 0 unspecified atom stereocenters. The summed E-state index contributed by atoms with van der Waals surface area (Å²) in [6.07, 6.45) is 3.72. The Morgan fingerprint density at radius 2 is 2.10 bits per heavy atom. The number of nitrogens with zero attached hydrogens (tertiary/aromatic N) is 4. The molecule has 2 aromatic heterocycles. The molecule has 0 spiro atoms. The Morgan fingerprint density at radius 3 is 2.70 bits per heavy atom. The molecular weight excluding hydrogens is 254 g/mol. The fraction of sp³-hybridized carbons (Fsp3) is 0.214. The first-order valence-electron chi connectivity index (χ1n) is 6.26. The van der Waals surface area contributed by atoms with Gasteiger partial charge in [-0.05, 0) is 32.0 Å². The number of ether oxygens (including phenoxy) is 1. The van der Waals surface area contributed by atoms with Gasteiger partial charge in [0.15, 0.2) is 5.82 Å². The molecule has 3 rings (SSSR count). The Kier molecular flexibility index (Phi) is 2.98. The third-order valence-corrected chi connectivity index (χ3v) is 3.02. The molecule has 0 aliphatic carbocycles. The Morgan fingerprint density at radius 1 is 1.25 bits per heavy atom. The molecule has 6 nitrogen and oxygen atoms in total. The van der Waals surface area contributed by atoms with Gasteiger partial charge in [-0.15, -0.1) is 0 Å². The van der Waals surface area contributed by atoms with E-state index in [1.165, 1.54) is 0 Å². The molecule has 3 aromatic rings. The summed E-state index contributed by atoms with van der Waals surface area (Å²) in [7, 11) is 1.65. The Bertz CT molecular complexity index is 744. The molecule has 102 valence electrons. The summed E-state index contributed by atoms with van der Waals surface area (Å²) >= 11 is 0. The predicted molar refractivity (Wildman–Crippen MR) is 75.0 cm³/mol. The molecule has 0 saturated carbocycles. The fourth-order valence-electron chi connectivity index (χ4n) is 2.05. The van der Waals surface area contributed by atoms with Crippen molar-refractivity contribution in [2.75, 3.05) is 7.11 Å². The van der Waals surface area contributed by atoms with Crippen LogP contribution in [0.2, 0.25) is 0 Å². The van der Waals surface area contributed by atoms with Crippen molar-refractivity contribution < 1.29 is 4.74 Å². The third kappa shape index (κ3) is 2.16. The first-order chi connectivity index (χ1) is 9.67. The van der Waals surface area contributed by atoms with Crippen molar-refractivity contribution >= 4 is 0 Å². The number of imidazole rings is 1. The SMILES string of the molecule is COc1cc(-c2n[nH]c(C)n2)ccc1-n1cnc(C)c1. The molecular formula is C14H15N5O. The van der Waals surface area contributed by atoms with Gasteiger partial charge in [0.05, 0.1) is 24.8 Å². The summed E-state index contributed by atoms with van der Waals surface area (Å²) in [6.45, 7) is 3.82. The second-order valence-corrected chi connectivity index (χ2v) is 4.55. The number of aryl methyl sites for hydroxylation is 2. The van der Waals surface area contributed by atoms with E-state index >= 15 is 0 Å². The lowest BCUT2D eigenvalue weighted by Gasteiger charge is -2.10. The summed E-state index contributed by atoms with van der Waals surface area (Å²) in [5.41, 5.74) is 2.80. The molecule has 1 N–H and O–H groups in total. The summed E-state index contributed by atoms with van der Waals surface area (Å²) in [6, 6.07) is 5.87. The smallest absolute Gasteiger partial charge is 0.181 e. The van der Waals surface area contributed by atoms with Gasteiger partial charge < -0.3 is 9.30 Å². The number of H-pyrrole nitrogens is 1. The minimum atomic E-state index is 0.661. The molecule has 1 aromatic carbocycles. The van der Waals surface area contributed by atoms with Crippen LogP contribution in [0.15, 0.2) is 30.7 Å². The Labute approximate surface area is 116 Å². The zero-order chi connectivity index (χ0) is 14.1. The number of aromatic nitrogens is 5. The summed E-state index contributed by atoms with van der Waals surface area (Å²) in [5, 5.41) is 6.99. The molecule has 0 bridgehead atoms. The molecule has 0 radical (unpaired) electrons. The van der Waals surface area contributed by atoms with Gasteiger partial charge in [-0.2, -0.15) is 5.10 Å². The zero-order valence-corrected chi connectivity index (χ0v) is 11.6. The molecule has 0 aliphatic rings. The van der Waals surface area contributed by atoms with E-state index in [1.807, 2.05) is 42.8 Å². The third-order valence-electron chi connectivity index (χ3n) is 3.02. The van der Waals surface area contributed by atoms with Gasteiger partial charge in [0, 0.05) is 11.8 Å². The van der Waals surface area contributed by atoms with E-state index in [4.69, 9.17) is 4.74 Å². The largest absolute Gasteiger partial charge is 0.495 e. The summed E-state index contributed by atoms with van der Waals surface area (Å²) in [4.78, 5) is 8.55. The van der Waals surface area contributed by atoms with Crippen LogP contribution in [0.1, 0.15) is 11.5 Å². The molecule has 0 atom stereocenters. The lowest BCUT2D eigenvalue weighted by atomic mass is 10.1. The van der Waals surface area contributed by atoms with Crippen LogP contribution in [-0.4, -0.2) is 31.8 Å². The topological polar surface area (TPSA) is 68.6 Å². The van der Waals surface area contributed by atoms with Crippen LogP contribution in [0.3, 0.4) is 0 Å². The highest BCUT2D eigenvalue weighted by Crippen LogP contribution is 2.28. The molecule has 0 amide bonds. The van der Waals surface area contributed by atoms with Crippen molar-refractivity contribution in [1.29, 1.82) is 0 Å². The number of methoxy groups -OCH3 is 1. The number of rotatable bonds is 3. The first kappa shape index (κ1) is 12.4. The maximum Gasteiger partial charge on any atom is 0.181 e. The number of nitrogens with one attached hydrogen (secondary N) is 1. The van der Waals surface area contributed by atoms with Gasteiger partial charge in [0.1, 0.15) is 11.6 Å². The van der Waals surface area contributed by atoms with Crippen molar-refractivity contribution in [3.05, 3.63) is 42.2 Å². The van der Waals surface area contributed by atoms with Crippen molar-refractivity contribution in [3.63, 3.8) is 0 Å². The van der Waals surface area contributed by atoms with Crippen molar-refractivity contribution in [2.24, 2.45) is 0 Å². The highest BCUT2D eigenvalue weighted by Gasteiger charge is 2.10. The summed E-state index contributed by atoms with van der Waals surface area (Å²) in [5.74, 6) is 2.20. The zero-order valence-electron chi connectivity index (χ0n) is 11.6. The average Bonchev–Trinajstić information content (AvgIpc) is 3.07. The minimum absolute atomic E-state index is 0.661. The molecule has 2 heterocycles. The van der Waals surface area contributed by atoms with Gasteiger partial charge in [-0.25, -0.2) is 9.97 Å². The van der Waals surface area contributed by atoms with E-state index in [2.05, 4.69) is 20.2 Å². The molecule has 0 fully saturated rings. The fourth-order valence-corrected chi connectivity index (χ4v) is 2.05. The number of hydrogen-bond acceptors (Lipinski definition) is 4. The van der Waals surface area contributed by atoms with E-state index < -0.39 is 0 Å². The molecule has 20 heavy (non-hydrogen) atoms. The second kappa shape index (κ2) is 4.80. The highest BCUT2D eigenvalue weighted by atomic mass is 16.5. The number of benzene rings is 1. The highest BCUT2D eigenvalue weighted by molar-refractivity contribution is 5.62. The lowest BCUT2D eigenvalue weighted by molar-refractivity contribution is 0.413. The monoisotopic (exact) mass is 269 g/mol. The van der Waals surface area contributed by atoms with Gasteiger partial charge in [0.25, 0.3) is 0 Å². The van der Waals surface area contributed by atoms with Crippen molar-refractivity contribution in [2.45, 2.75) is 13.8 Å². The van der Waals surface area contributed by atoms with E-state index in [0.29, 0.717) is 5.82 Å². The van der Waals surface area contributed by atoms with Gasteiger partial charge in [-0.3, -0.25) is 5.10 Å². The van der Waals surface area contributed by atoms with E-state index in [0.717, 1.165) is 28.5 Å². The average molecular weight is 269 g/mol. The van der Waals surface area contributed by atoms with Gasteiger partial charge in [0.2, 0.25) is 0 Å². The van der Waals surface area contributed by atoms with Gasteiger partial charge >= 0.3 is 0 Å². The van der Waals surface area contributed by atoms with Crippen LogP contribution in [-0.2, 0) is 0 Å². The number of aromatic amines is 1. The molecule has 0 saturated heterocycles. The van der Waals surface area contributed by atoms with Crippen molar-refractivity contribution in [1.82, 2.24) is 24.7 Å². The van der Waals surface area contributed by atoms with Crippen LogP contribution in [0, 0.1) is 13.8 Å².